The second-order valence-corrected chi connectivity index (χ2v) is 6.79. The van der Waals surface area contributed by atoms with Crippen molar-refractivity contribution in [3.63, 3.8) is 0 Å². The fourth-order valence-electron chi connectivity index (χ4n) is 3.37. The number of likely N-dealkylation sites (N-methyl/N-ethyl adjacent to an activating group) is 1. The van der Waals surface area contributed by atoms with Crippen LogP contribution in [0.15, 0.2) is 18.2 Å². The summed E-state index contributed by atoms with van der Waals surface area (Å²) in [5.74, 6) is -1.35. The summed E-state index contributed by atoms with van der Waals surface area (Å²) >= 11 is 0. The van der Waals surface area contributed by atoms with Crippen LogP contribution in [0.25, 0.3) is 0 Å². The molecule has 1 aromatic carbocycles. The van der Waals surface area contributed by atoms with Crippen LogP contribution in [0.5, 0.6) is 0 Å². The minimum atomic E-state index is -0.610. The van der Waals surface area contributed by atoms with Gasteiger partial charge in [-0.1, -0.05) is 6.07 Å². The van der Waals surface area contributed by atoms with Crippen LogP contribution in [0.3, 0.4) is 0 Å². The van der Waals surface area contributed by atoms with Crippen molar-refractivity contribution in [1.82, 2.24) is 15.5 Å². The van der Waals surface area contributed by atoms with E-state index >= 15 is 0 Å². The Morgan fingerprint density at radius 3 is 2.44 bits per heavy atom. The fraction of sp³-hybridized carbons (Fsp3) is 0.611. The van der Waals surface area contributed by atoms with Crippen molar-refractivity contribution >= 4 is 5.91 Å². The Labute approximate surface area is 147 Å². The maximum Gasteiger partial charge on any atom is 0.228 e. The van der Waals surface area contributed by atoms with Crippen molar-refractivity contribution in [2.24, 2.45) is 5.41 Å². The number of nitrogens with zero attached hydrogens (tertiary/aromatic N) is 1. The third kappa shape index (κ3) is 4.54. The zero-order chi connectivity index (χ0) is 18.4. The number of methoxy groups -OCH3 is 1. The maximum atomic E-state index is 14.1. The highest BCUT2D eigenvalue weighted by molar-refractivity contribution is 5.83. The van der Waals surface area contributed by atoms with Gasteiger partial charge in [-0.3, -0.25) is 4.79 Å². The first-order valence-electron chi connectivity index (χ1n) is 8.49. The first-order valence-corrected chi connectivity index (χ1v) is 8.49. The molecule has 1 atom stereocenters. The molecule has 0 spiro atoms. The van der Waals surface area contributed by atoms with Gasteiger partial charge in [0.1, 0.15) is 11.6 Å². The van der Waals surface area contributed by atoms with Crippen LogP contribution in [-0.4, -0.2) is 58.3 Å². The van der Waals surface area contributed by atoms with Gasteiger partial charge in [0.2, 0.25) is 5.91 Å². The molecule has 1 aliphatic rings. The molecule has 1 unspecified atom stereocenters. The minimum absolute atomic E-state index is 0.0288. The van der Waals surface area contributed by atoms with Gasteiger partial charge in [0.15, 0.2) is 0 Å². The molecule has 0 saturated carbocycles. The summed E-state index contributed by atoms with van der Waals surface area (Å²) in [6.45, 7) is 1.95. The lowest BCUT2D eigenvalue weighted by atomic mass is 9.78. The van der Waals surface area contributed by atoms with Gasteiger partial charge in [-0.25, -0.2) is 8.78 Å². The van der Waals surface area contributed by atoms with Crippen LogP contribution in [0.2, 0.25) is 0 Å². The standard InChI is InChI=1S/C18H27F2N3O2/c1-23(2)15(16-13(19)5-4-6-14(16)20)11-22-17(24)18(12-25-3)7-9-21-10-8-18/h4-6,15,21H,7-12H2,1-3H3,(H,22,24). The van der Waals surface area contributed by atoms with E-state index in [1.807, 2.05) is 0 Å². The molecule has 1 amide bonds. The van der Waals surface area contributed by atoms with Crippen molar-refractivity contribution in [3.8, 4) is 0 Å². The number of ether oxygens (including phenoxy) is 1. The zero-order valence-corrected chi connectivity index (χ0v) is 15.1. The second kappa shape index (κ2) is 8.69. The molecule has 0 aliphatic carbocycles. The highest BCUT2D eigenvalue weighted by atomic mass is 19.1. The van der Waals surface area contributed by atoms with Crippen molar-refractivity contribution < 1.29 is 18.3 Å². The number of halogens is 2. The molecule has 5 nitrogen and oxygen atoms in total. The number of benzene rings is 1. The highest BCUT2D eigenvalue weighted by Gasteiger charge is 2.40. The van der Waals surface area contributed by atoms with Crippen LogP contribution < -0.4 is 10.6 Å². The number of rotatable bonds is 7. The molecule has 140 valence electrons. The van der Waals surface area contributed by atoms with E-state index in [0.717, 1.165) is 13.1 Å². The number of hydrogen-bond donors (Lipinski definition) is 2. The number of carbonyl (C=O) groups excluding carboxylic acids is 1. The number of piperidine rings is 1. The summed E-state index contributed by atoms with van der Waals surface area (Å²) in [5.41, 5.74) is -0.621. The van der Waals surface area contributed by atoms with Gasteiger partial charge in [0.05, 0.1) is 18.1 Å². The summed E-state index contributed by atoms with van der Waals surface area (Å²) in [7, 11) is 5.05. The largest absolute Gasteiger partial charge is 0.384 e. The Kier molecular flexibility index (Phi) is 6.87. The molecular weight excluding hydrogens is 328 g/mol. The summed E-state index contributed by atoms with van der Waals surface area (Å²) in [6.07, 6.45) is 1.35. The number of nitrogens with one attached hydrogen (secondary N) is 2. The van der Waals surface area contributed by atoms with E-state index in [4.69, 9.17) is 4.74 Å². The molecule has 1 aliphatic heterocycles. The summed E-state index contributed by atoms with van der Waals surface area (Å²) < 4.78 is 33.5. The predicted octanol–water partition coefficient (Wildman–Crippen LogP) is 1.70. The number of amides is 1. The monoisotopic (exact) mass is 355 g/mol. The number of carbonyl (C=O) groups is 1. The van der Waals surface area contributed by atoms with Crippen LogP contribution in [0.1, 0.15) is 24.4 Å². The maximum absolute atomic E-state index is 14.1. The van der Waals surface area contributed by atoms with Gasteiger partial charge in [0, 0.05) is 19.2 Å². The highest BCUT2D eigenvalue weighted by Crippen LogP contribution is 2.30. The van der Waals surface area contributed by atoms with E-state index in [1.165, 1.54) is 18.2 Å². The Balaban J connectivity index is 2.14. The van der Waals surface area contributed by atoms with E-state index in [0.29, 0.717) is 19.4 Å². The van der Waals surface area contributed by atoms with Gasteiger partial charge in [-0.2, -0.15) is 0 Å². The average Bonchev–Trinajstić information content (AvgIpc) is 2.58. The zero-order valence-electron chi connectivity index (χ0n) is 15.1. The summed E-state index contributed by atoms with van der Waals surface area (Å²) in [4.78, 5) is 14.5. The van der Waals surface area contributed by atoms with Gasteiger partial charge in [0.25, 0.3) is 0 Å². The van der Waals surface area contributed by atoms with E-state index in [9.17, 15) is 13.6 Å². The molecule has 1 saturated heterocycles. The molecule has 0 aromatic heterocycles. The van der Waals surface area contributed by atoms with Crippen LogP contribution in [-0.2, 0) is 9.53 Å². The first kappa shape index (κ1) is 19.8. The Morgan fingerprint density at radius 2 is 1.92 bits per heavy atom. The molecule has 2 rings (SSSR count). The van der Waals surface area contributed by atoms with Gasteiger partial charge >= 0.3 is 0 Å². The normalized spacial score (nSPS) is 18.2. The van der Waals surface area contributed by atoms with Crippen molar-refractivity contribution in [3.05, 3.63) is 35.4 Å². The molecule has 0 bridgehead atoms. The van der Waals surface area contributed by atoms with E-state index in [2.05, 4.69) is 10.6 Å². The second-order valence-electron chi connectivity index (χ2n) is 6.79. The lowest BCUT2D eigenvalue weighted by Crippen LogP contribution is -2.51. The molecule has 0 radical (unpaired) electrons. The Hall–Kier alpha value is -1.57. The Morgan fingerprint density at radius 1 is 1.32 bits per heavy atom. The van der Waals surface area contributed by atoms with Crippen molar-refractivity contribution in [1.29, 1.82) is 0 Å². The molecule has 1 fully saturated rings. The van der Waals surface area contributed by atoms with Crippen molar-refractivity contribution in [2.45, 2.75) is 18.9 Å². The quantitative estimate of drug-likeness (QED) is 0.782. The molecule has 7 heteroatoms. The minimum Gasteiger partial charge on any atom is -0.384 e. The SMILES string of the molecule is COCC1(C(=O)NCC(c2c(F)cccc2F)N(C)C)CCNCC1. The van der Waals surface area contributed by atoms with E-state index < -0.39 is 23.1 Å². The third-order valence-electron chi connectivity index (χ3n) is 4.88. The average molecular weight is 355 g/mol. The van der Waals surface area contributed by atoms with Crippen LogP contribution in [0.4, 0.5) is 8.78 Å². The van der Waals surface area contributed by atoms with Gasteiger partial charge in [-0.05, 0) is 52.2 Å². The molecule has 1 aromatic rings. The number of hydrogen-bond acceptors (Lipinski definition) is 4. The molecular formula is C18H27F2N3O2. The topological polar surface area (TPSA) is 53.6 Å². The van der Waals surface area contributed by atoms with Gasteiger partial charge < -0.3 is 20.3 Å². The van der Waals surface area contributed by atoms with E-state index in [-0.39, 0.29) is 18.0 Å². The predicted molar refractivity (Wildman–Crippen MR) is 92.2 cm³/mol. The first-order chi connectivity index (χ1) is 11.9. The lowest BCUT2D eigenvalue weighted by molar-refractivity contribution is -0.136. The fourth-order valence-corrected chi connectivity index (χ4v) is 3.37. The van der Waals surface area contributed by atoms with Gasteiger partial charge in [-0.15, -0.1) is 0 Å². The molecule has 1 heterocycles. The smallest absolute Gasteiger partial charge is 0.228 e. The summed E-state index contributed by atoms with van der Waals surface area (Å²) in [6, 6.07) is 3.21. The Bertz CT molecular complexity index is 564. The van der Waals surface area contributed by atoms with Crippen LogP contribution in [0, 0.1) is 17.0 Å². The van der Waals surface area contributed by atoms with Crippen molar-refractivity contribution in [2.75, 3.05) is 47.4 Å². The van der Waals surface area contributed by atoms with Crippen LogP contribution >= 0.6 is 0 Å². The molecule has 2 N–H and O–H groups in total. The molecule has 25 heavy (non-hydrogen) atoms. The summed E-state index contributed by atoms with van der Waals surface area (Å²) in [5, 5.41) is 6.12. The third-order valence-corrected chi connectivity index (χ3v) is 4.88. The van der Waals surface area contributed by atoms with E-state index in [1.54, 1.807) is 26.1 Å². The lowest BCUT2D eigenvalue weighted by Gasteiger charge is -2.36.